The number of hydrogen-bond acceptors (Lipinski definition) is 10. The fourth-order valence-corrected chi connectivity index (χ4v) is 13.3. The number of para-hydroxylation sites is 4. The van der Waals surface area contributed by atoms with Crippen LogP contribution in [0.15, 0.2) is 121 Å². The van der Waals surface area contributed by atoms with Gasteiger partial charge in [0.15, 0.2) is 0 Å². The quantitative estimate of drug-likeness (QED) is 0.0603. The zero-order valence-electron chi connectivity index (χ0n) is 56.6. The predicted octanol–water partition coefficient (Wildman–Crippen LogP) is 18.2. The number of benzene rings is 8. The van der Waals surface area contributed by atoms with Gasteiger partial charge >= 0.3 is 0 Å². The maximum Gasteiger partial charge on any atom is 0.255 e. The summed E-state index contributed by atoms with van der Waals surface area (Å²) in [6, 6.07) is 41.8. The summed E-state index contributed by atoms with van der Waals surface area (Å²) >= 11 is 0. The van der Waals surface area contributed by atoms with E-state index in [4.69, 9.17) is 37.9 Å². The minimum atomic E-state index is -0.267. The van der Waals surface area contributed by atoms with Crippen molar-refractivity contribution in [3.63, 3.8) is 0 Å². The number of carbonyl (C=O) groups is 2. The molecule has 0 aromatic heterocycles. The van der Waals surface area contributed by atoms with E-state index in [2.05, 4.69) is 163 Å². The van der Waals surface area contributed by atoms with Crippen molar-refractivity contribution < 1.29 is 47.5 Å². The largest absolute Gasteiger partial charge is 0.493 e. The molecule has 0 unspecified atom stereocenters. The minimum Gasteiger partial charge on any atom is -0.493 e. The Bertz CT molecular complexity index is 3560. The molecular weight excluding hydrogens is 1170 g/mol. The molecule has 94 heavy (non-hydrogen) atoms. The molecule has 8 aromatic carbocycles. The molecule has 0 saturated carbocycles. The van der Waals surface area contributed by atoms with E-state index < -0.39 is 0 Å². The van der Waals surface area contributed by atoms with Gasteiger partial charge in [-0.1, -0.05) is 128 Å². The second-order valence-electron chi connectivity index (χ2n) is 25.2. The van der Waals surface area contributed by atoms with Gasteiger partial charge in [-0.25, -0.2) is 0 Å². The van der Waals surface area contributed by atoms with Gasteiger partial charge in [0.1, 0.15) is 46.0 Å². The van der Waals surface area contributed by atoms with Gasteiger partial charge in [0, 0.05) is 96.1 Å². The maximum absolute atomic E-state index is 15.9. The predicted molar refractivity (Wildman–Crippen MR) is 376 cm³/mol. The molecule has 12 rings (SSSR count). The number of amides is 2. The third-order valence-corrected chi connectivity index (χ3v) is 17.4. The number of rotatable bonds is 24. The van der Waals surface area contributed by atoms with Crippen LogP contribution in [0, 0.1) is 0 Å². The Labute approximate surface area is 557 Å². The lowest BCUT2D eigenvalue weighted by Gasteiger charge is -2.24. The van der Waals surface area contributed by atoms with Crippen LogP contribution in [0.4, 0.5) is 11.4 Å². The van der Waals surface area contributed by atoms with E-state index >= 15 is 9.59 Å². The lowest BCUT2D eigenvalue weighted by Crippen LogP contribution is -2.17. The van der Waals surface area contributed by atoms with Gasteiger partial charge in [0.2, 0.25) is 0 Å². The molecule has 2 heterocycles. The third-order valence-electron chi connectivity index (χ3n) is 17.4. The summed E-state index contributed by atoms with van der Waals surface area (Å²) in [7, 11) is 0. The first kappa shape index (κ1) is 66.6. The molecule has 2 N–H and O–H groups in total. The number of hydrogen-bond donors (Lipinski definition) is 2. The highest BCUT2D eigenvalue weighted by Crippen LogP contribution is 2.44. The average molecular weight is 1270 g/mol. The van der Waals surface area contributed by atoms with Crippen molar-refractivity contribution in [3.8, 4) is 46.0 Å². The van der Waals surface area contributed by atoms with Crippen molar-refractivity contribution in [3.05, 3.63) is 221 Å². The van der Waals surface area contributed by atoms with E-state index in [1.807, 2.05) is 24.3 Å². The SMILES string of the molecule is CCCOc1c2cccc1Cc1cc3cc(c1OCCC)Cc1cccc(c1OCCC)Cc1cc(cc(c1OCCC)C2)NC(=O)c1cc2c(OCCC)c(c1)Cc1cccc(c1OCCC)Cc1cc(cc(c1OCCC)Cc1cccc(c1OCCC)C2)C(=O)N3. The summed E-state index contributed by atoms with van der Waals surface area (Å²) < 4.78 is 55.6. The second kappa shape index (κ2) is 31.8. The van der Waals surface area contributed by atoms with Crippen LogP contribution in [0.25, 0.3) is 0 Å². The number of nitrogens with one attached hydrogen (secondary N) is 2. The third kappa shape index (κ3) is 15.3. The van der Waals surface area contributed by atoms with Crippen molar-refractivity contribution in [2.24, 2.45) is 0 Å². The Morgan fingerprint density at radius 2 is 0.404 bits per heavy atom. The van der Waals surface area contributed by atoms with Crippen LogP contribution in [0.5, 0.6) is 46.0 Å². The van der Waals surface area contributed by atoms with E-state index in [-0.39, 0.29) is 11.8 Å². The van der Waals surface area contributed by atoms with Crippen molar-refractivity contribution in [2.75, 3.05) is 63.5 Å². The fourth-order valence-electron chi connectivity index (χ4n) is 13.3. The summed E-state index contributed by atoms with van der Waals surface area (Å²) in [5.41, 5.74) is 16.9. The van der Waals surface area contributed by atoms with Gasteiger partial charge in [-0.05, 0) is 167 Å². The lowest BCUT2D eigenvalue weighted by atomic mass is 9.89. The molecule has 0 fully saturated rings. The van der Waals surface area contributed by atoms with Crippen LogP contribution in [0.1, 0.15) is 216 Å². The monoisotopic (exact) mass is 1270 g/mol. The maximum atomic E-state index is 15.9. The van der Waals surface area contributed by atoms with Gasteiger partial charge in [-0.15, -0.1) is 0 Å². The van der Waals surface area contributed by atoms with E-state index in [0.29, 0.717) is 127 Å². The smallest absolute Gasteiger partial charge is 0.255 e. The van der Waals surface area contributed by atoms with Crippen LogP contribution in [0.2, 0.25) is 0 Å². The molecule has 12 nitrogen and oxygen atoms in total. The molecule has 2 aliphatic heterocycles. The Kier molecular flexibility index (Phi) is 22.5. The molecule has 12 heteroatoms. The molecule has 4 aliphatic rings. The first-order valence-corrected chi connectivity index (χ1v) is 34.8. The van der Waals surface area contributed by atoms with Gasteiger partial charge in [0.05, 0.1) is 52.9 Å². The van der Waals surface area contributed by atoms with Crippen LogP contribution in [0.3, 0.4) is 0 Å². The Morgan fingerprint density at radius 3 is 0.574 bits per heavy atom. The van der Waals surface area contributed by atoms with Crippen molar-refractivity contribution in [1.82, 2.24) is 0 Å². The minimum absolute atomic E-state index is 0.267. The standard InChI is InChI=1S/C82H94N2O10/c1-9-29-87-73-53-21-17-22-54(73)38-62-46-70-48-64(78(62)92-34-14-6)40-56-24-18-23-55(74(56)88-30-10-2)39-63-47-69(45-61(37-53)77(63)91-33-13-5)81(85)83-71-49-65-41-57-25-19-26-58(75(57)89-31-11-3)42-66-50-72(84-82(70)86)52-68(80(66)94-36-16-8)44-60-28-20-27-59(76(60)90-32-12-4)43-67(51-71)79(65)93-35-15-7/h17-28,45-52H,9-16,29-44H2,1-8H3,(H,83,85)(H,84,86). The van der Waals surface area contributed by atoms with E-state index in [1.54, 1.807) is 0 Å². The fraction of sp³-hybridized carbons (Fsp3) is 0.390. The summed E-state index contributed by atoms with van der Waals surface area (Å²) in [4.78, 5) is 31.8. The normalized spacial score (nSPS) is 13.2. The Morgan fingerprint density at radius 1 is 0.245 bits per heavy atom. The van der Waals surface area contributed by atoms with Crippen molar-refractivity contribution in [1.29, 1.82) is 0 Å². The molecular formula is C82H94N2O10. The number of carbonyl (C=O) groups excluding carboxylic acids is 2. The number of ether oxygens (including phenoxy) is 8. The van der Waals surface area contributed by atoms with E-state index in [0.717, 1.165) is 186 Å². The van der Waals surface area contributed by atoms with Crippen LogP contribution >= 0.6 is 0 Å². The summed E-state index contributed by atoms with van der Waals surface area (Å²) in [5, 5.41) is 6.99. The molecule has 0 saturated heterocycles. The zero-order chi connectivity index (χ0) is 65.5. The Hall–Kier alpha value is -8.90. The zero-order valence-corrected chi connectivity index (χ0v) is 56.6. The lowest BCUT2D eigenvalue weighted by molar-refractivity contribution is 0.101. The molecule has 0 atom stereocenters. The summed E-state index contributed by atoms with van der Waals surface area (Å²) in [5.74, 6) is 5.55. The molecule has 8 aromatic rings. The van der Waals surface area contributed by atoms with E-state index in [1.165, 1.54) is 0 Å². The first-order valence-electron chi connectivity index (χ1n) is 34.8. The highest BCUT2D eigenvalue weighted by Gasteiger charge is 2.29. The average Bonchev–Trinajstić information content (AvgIpc) is 0.850. The highest BCUT2D eigenvalue weighted by molar-refractivity contribution is 6.06. The summed E-state index contributed by atoms with van der Waals surface area (Å²) in [6.07, 6.45) is 9.55. The molecule has 492 valence electrons. The van der Waals surface area contributed by atoms with Gasteiger partial charge < -0.3 is 48.5 Å². The number of fused-ring (bicyclic) bond motifs is 2. The molecule has 2 amide bonds. The van der Waals surface area contributed by atoms with Gasteiger partial charge in [-0.2, -0.15) is 0 Å². The van der Waals surface area contributed by atoms with Crippen molar-refractivity contribution >= 4 is 23.2 Å². The first-order chi connectivity index (χ1) is 46.0. The molecule has 0 spiro atoms. The van der Waals surface area contributed by atoms with Gasteiger partial charge in [-0.3, -0.25) is 9.59 Å². The number of anilines is 2. The van der Waals surface area contributed by atoms with Crippen LogP contribution < -0.4 is 48.5 Å². The van der Waals surface area contributed by atoms with E-state index in [9.17, 15) is 0 Å². The molecule has 0 radical (unpaired) electrons. The second-order valence-corrected chi connectivity index (χ2v) is 25.2. The van der Waals surface area contributed by atoms with Crippen molar-refractivity contribution in [2.45, 2.75) is 158 Å². The topological polar surface area (TPSA) is 132 Å². The Balaban J connectivity index is 1.26. The highest BCUT2D eigenvalue weighted by atomic mass is 16.5. The van der Waals surface area contributed by atoms with Crippen LogP contribution in [-0.2, 0) is 51.4 Å². The summed E-state index contributed by atoms with van der Waals surface area (Å²) in [6.45, 7) is 20.8. The molecule has 20 bridgehead atoms. The van der Waals surface area contributed by atoms with Crippen LogP contribution in [-0.4, -0.2) is 64.7 Å². The molecule has 2 aliphatic carbocycles. The van der Waals surface area contributed by atoms with Gasteiger partial charge in [0.25, 0.3) is 11.8 Å².